The van der Waals surface area contributed by atoms with Gasteiger partial charge in [0.25, 0.3) is 0 Å². The lowest BCUT2D eigenvalue weighted by Crippen LogP contribution is -2.50. The lowest BCUT2D eigenvalue weighted by Gasteiger charge is -2.37. The van der Waals surface area contributed by atoms with Gasteiger partial charge in [-0.25, -0.2) is 0 Å². The highest BCUT2D eigenvalue weighted by molar-refractivity contribution is 6.31. The first-order valence-electron chi connectivity index (χ1n) is 9.24. The first kappa shape index (κ1) is 22.2. The van der Waals surface area contributed by atoms with Crippen LogP contribution in [-0.2, 0) is 14.3 Å². The van der Waals surface area contributed by atoms with E-state index in [1.54, 1.807) is 0 Å². The highest BCUT2D eigenvalue weighted by Crippen LogP contribution is 2.07. The summed E-state index contributed by atoms with van der Waals surface area (Å²) in [5.41, 5.74) is 0.444. The van der Waals surface area contributed by atoms with Gasteiger partial charge in [0.15, 0.2) is 5.78 Å². The number of rotatable bonds is 10. The van der Waals surface area contributed by atoms with E-state index < -0.39 is 0 Å². The normalized spacial score (nSPS) is 16.8. The van der Waals surface area contributed by atoms with Crippen molar-refractivity contribution in [1.29, 1.82) is 0 Å². The van der Waals surface area contributed by atoms with Crippen LogP contribution < -0.4 is 5.84 Å². The number of piperazine rings is 1. The fraction of sp³-hybridized carbons (Fsp3) is 0.778. The number of carbonyl (C=O) groups excluding carboxylic acids is 2. The van der Waals surface area contributed by atoms with Crippen LogP contribution in [0, 0.1) is 5.92 Å². The minimum atomic E-state index is -0.0462. The fourth-order valence-corrected chi connectivity index (χ4v) is 2.51. The van der Waals surface area contributed by atoms with Crippen LogP contribution in [-0.4, -0.2) is 85.4 Å². The molecule has 8 nitrogen and oxygen atoms in total. The average Bonchev–Trinajstić information content (AvgIpc) is 2.63. The predicted molar refractivity (Wildman–Crippen MR) is 104 cm³/mol. The van der Waals surface area contributed by atoms with Gasteiger partial charge in [-0.3, -0.25) is 19.5 Å². The third kappa shape index (κ3) is 8.05. The van der Waals surface area contributed by atoms with Crippen molar-refractivity contribution in [2.45, 2.75) is 40.2 Å². The van der Waals surface area contributed by atoms with Gasteiger partial charge in [0.05, 0.1) is 26.2 Å². The molecule has 0 aromatic heterocycles. The van der Waals surface area contributed by atoms with Crippen LogP contribution >= 0.6 is 0 Å². The molecule has 1 rings (SSSR count). The zero-order valence-electron chi connectivity index (χ0n) is 16.5. The second kappa shape index (κ2) is 11.7. The number of ketones is 1. The van der Waals surface area contributed by atoms with Gasteiger partial charge in [0.1, 0.15) is 5.71 Å². The van der Waals surface area contributed by atoms with Gasteiger partial charge in [-0.2, -0.15) is 5.10 Å². The molecule has 1 amide bonds. The molecule has 0 atom stereocenters. The molecule has 26 heavy (non-hydrogen) atoms. The van der Waals surface area contributed by atoms with Gasteiger partial charge in [-0.15, -0.1) is 0 Å². The van der Waals surface area contributed by atoms with Crippen molar-refractivity contribution in [2.24, 2.45) is 21.9 Å². The molecule has 1 fully saturated rings. The summed E-state index contributed by atoms with van der Waals surface area (Å²) in [6, 6.07) is 0.516. The van der Waals surface area contributed by atoms with Crippen molar-refractivity contribution in [3.63, 3.8) is 0 Å². The topological polar surface area (TPSA) is 101 Å². The number of hydrogen-bond donors (Lipinski definition) is 1. The quantitative estimate of drug-likeness (QED) is 0.263. The summed E-state index contributed by atoms with van der Waals surface area (Å²) in [6.45, 7) is 12.0. The summed E-state index contributed by atoms with van der Waals surface area (Å²) in [7, 11) is 0. The molecule has 0 aromatic rings. The number of ether oxygens (including phenoxy) is 1. The summed E-state index contributed by atoms with van der Waals surface area (Å²) in [5, 5.41) is 3.59. The van der Waals surface area contributed by atoms with Crippen molar-refractivity contribution < 1.29 is 14.3 Å². The number of nitrogens with zero attached hydrogens (tertiary/aromatic N) is 4. The molecule has 0 aliphatic carbocycles. The van der Waals surface area contributed by atoms with Crippen LogP contribution in [0.15, 0.2) is 10.1 Å². The highest BCUT2D eigenvalue weighted by atomic mass is 16.5. The third-order valence-electron chi connectivity index (χ3n) is 4.40. The Bertz CT molecular complexity index is 509. The Hall–Kier alpha value is -1.80. The maximum atomic E-state index is 12.2. The Balaban J connectivity index is 2.23. The summed E-state index contributed by atoms with van der Waals surface area (Å²) in [5.74, 6) is 5.42. The van der Waals surface area contributed by atoms with E-state index >= 15 is 0 Å². The highest BCUT2D eigenvalue weighted by Gasteiger charge is 2.21. The van der Waals surface area contributed by atoms with Gasteiger partial charge in [0, 0.05) is 44.4 Å². The van der Waals surface area contributed by atoms with Crippen molar-refractivity contribution in [2.75, 3.05) is 45.9 Å². The van der Waals surface area contributed by atoms with Gasteiger partial charge >= 0.3 is 0 Å². The van der Waals surface area contributed by atoms with E-state index in [-0.39, 0.29) is 30.8 Å². The van der Waals surface area contributed by atoms with Gasteiger partial charge in [-0.05, 0) is 13.8 Å². The number of carbonyl (C=O) groups is 2. The Labute approximate surface area is 156 Å². The standard InChI is InChI=1S/C18H33N5O3/c1-14(2)17(24)12-20-11-16(21-19)13-26-10-5-18(25)23-8-6-22(7-9-23)15(3)4/h11,14-15H,5-10,12-13,19H2,1-4H3/b20-11?,21-16+. The number of nitrogens with two attached hydrogens (primary N) is 1. The molecule has 0 unspecified atom stereocenters. The molecule has 8 heteroatoms. The Morgan fingerprint density at radius 1 is 1.15 bits per heavy atom. The van der Waals surface area contributed by atoms with E-state index in [4.69, 9.17) is 10.6 Å². The van der Waals surface area contributed by atoms with E-state index in [0.29, 0.717) is 24.8 Å². The minimum Gasteiger partial charge on any atom is -0.374 e. The Morgan fingerprint density at radius 2 is 1.81 bits per heavy atom. The van der Waals surface area contributed by atoms with Crippen molar-refractivity contribution in [1.82, 2.24) is 9.80 Å². The van der Waals surface area contributed by atoms with E-state index in [2.05, 4.69) is 28.8 Å². The molecular formula is C18H33N5O3. The van der Waals surface area contributed by atoms with Crippen LogP contribution in [0.5, 0.6) is 0 Å². The number of Topliss-reactive ketones (excluding diaryl/α,β-unsaturated/α-hetero) is 1. The summed E-state index contributed by atoms with van der Waals surface area (Å²) in [4.78, 5) is 32.0. The molecule has 1 heterocycles. The zero-order valence-corrected chi connectivity index (χ0v) is 16.5. The second-order valence-corrected chi connectivity index (χ2v) is 7.02. The predicted octanol–water partition coefficient (Wildman–Crippen LogP) is 0.556. The third-order valence-corrected chi connectivity index (χ3v) is 4.40. The fourth-order valence-electron chi connectivity index (χ4n) is 2.51. The Kier molecular flexibility index (Phi) is 10.0. The number of hydrogen-bond acceptors (Lipinski definition) is 7. The first-order chi connectivity index (χ1) is 12.3. The van der Waals surface area contributed by atoms with Crippen molar-refractivity contribution in [3.05, 3.63) is 0 Å². The molecular weight excluding hydrogens is 334 g/mol. The molecule has 148 valence electrons. The SMILES string of the molecule is CC(C)C(=O)CN=C/C(COCCC(=O)N1CCN(C(C)C)CC1)=N\N. The first-order valence-corrected chi connectivity index (χ1v) is 9.24. The molecule has 0 aromatic carbocycles. The van der Waals surface area contributed by atoms with Gasteiger partial charge < -0.3 is 15.5 Å². The number of amides is 1. The van der Waals surface area contributed by atoms with E-state index in [9.17, 15) is 9.59 Å². The minimum absolute atomic E-state index is 0.0462. The van der Waals surface area contributed by atoms with Crippen LogP contribution in [0.25, 0.3) is 0 Å². The van der Waals surface area contributed by atoms with Crippen molar-refractivity contribution in [3.8, 4) is 0 Å². The van der Waals surface area contributed by atoms with Crippen LogP contribution in [0.1, 0.15) is 34.1 Å². The molecule has 0 spiro atoms. The second-order valence-electron chi connectivity index (χ2n) is 7.02. The molecule has 1 aliphatic rings. The molecule has 1 aliphatic heterocycles. The Morgan fingerprint density at radius 3 is 2.35 bits per heavy atom. The lowest BCUT2D eigenvalue weighted by atomic mass is 10.1. The van der Waals surface area contributed by atoms with Crippen LogP contribution in [0.2, 0.25) is 0 Å². The summed E-state index contributed by atoms with van der Waals surface area (Å²) >= 11 is 0. The smallest absolute Gasteiger partial charge is 0.224 e. The summed E-state index contributed by atoms with van der Waals surface area (Å²) in [6.07, 6.45) is 1.79. The molecule has 0 saturated carbocycles. The van der Waals surface area contributed by atoms with Crippen LogP contribution in [0.3, 0.4) is 0 Å². The monoisotopic (exact) mass is 367 g/mol. The zero-order chi connectivity index (χ0) is 19.5. The van der Waals surface area contributed by atoms with Gasteiger partial charge in [0.2, 0.25) is 5.91 Å². The van der Waals surface area contributed by atoms with E-state index in [1.165, 1.54) is 6.21 Å². The van der Waals surface area contributed by atoms with Crippen LogP contribution in [0.4, 0.5) is 0 Å². The maximum Gasteiger partial charge on any atom is 0.224 e. The largest absolute Gasteiger partial charge is 0.374 e. The molecule has 0 bridgehead atoms. The lowest BCUT2D eigenvalue weighted by molar-refractivity contribution is -0.134. The maximum absolute atomic E-state index is 12.2. The van der Waals surface area contributed by atoms with E-state index in [1.807, 2.05) is 18.7 Å². The number of aliphatic imine (C=N–C) groups is 1. The molecule has 0 radical (unpaired) electrons. The molecule has 2 N–H and O–H groups in total. The summed E-state index contributed by atoms with van der Waals surface area (Å²) < 4.78 is 5.47. The average molecular weight is 367 g/mol. The number of hydrazone groups is 1. The van der Waals surface area contributed by atoms with Crippen molar-refractivity contribution >= 4 is 23.6 Å². The van der Waals surface area contributed by atoms with Gasteiger partial charge in [-0.1, -0.05) is 13.8 Å². The molecule has 1 saturated heterocycles. The van der Waals surface area contributed by atoms with E-state index in [0.717, 1.165) is 26.2 Å².